The van der Waals surface area contributed by atoms with Crippen molar-refractivity contribution in [2.45, 2.75) is 63.9 Å². The Hall–Kier alpha value is -3.46. The third kappa shape index (κ3) is 9.85. The number of carboxylic acids is 1. The number of carbonyl (C=O) groups excluding carboxylic acids is 1. The minimum absolute atomic E-state index is 0.00447. The third-order valence-corrected chi connectivity index (χ3v) is 8.45. The van der Waals surface area contributed by atoms with Crippen molar-refractivity contribution in [2.24, 2.45) is 5.92 Å². The Bertz CT molecular complexity index is 1450. The number of carbonyl (C=O) groups is 2. The molecule has 2 amide bonds. The van der Waals surface area contributed by atoms with Crippen LogP contribution in [-0.2, 0) is 34.2 Å². The second-order valence-electron chi connectivity index (χ2n) is 9.31. The Balaban J connectivity index is 0.000000745. The Kier molecular flexibility index (Phi) is 11.9. The monoisotopic (exact) mass is 620 g/mol. The highest BCUT2D eigenvalue weighted by Gasteiger charge is 2.38. The number of aliphatic carboxylic acids is 1. The van der Waals surface area contributed by atoms with Crippen LogP contribution in [0.15, 0.2) is 40.9 Å². The molecule has 3 aromatic rings. The van der Waals surface area contributed by atoms with Gasteiger partial charge >= 0.3 is 18.2 Å². The SMILES string of the molecule is CCCNC(=O)NS(=O)(=O)c1sc(CC(C)C)cc1-c1ccc(Cn2ccnc2CC)c(F)c1.O=C(O)C(F)(F)F. The lowest BCUT2D eigenvalue weighted by Crippen LogP contribution is -2.39. The Morgan fingerprint density at radius 3 is 2.37 bits per heavy atom. The van der Waals surface area contributed by atoms with Crippen LogP contribution in [-0.4, -0.2) is 47.8 Å². The van der Waals surface area contributed by atoms with Crippen molar-refractivity contribution in [2.75, 3.05) is 6.54 Å². The van der Waals surface area contributed by atoms with Gasteiger partial charge in [-0.05, 0) is 36.5 Å². The summed E-state index contributed by atoms with van der Waals surface area (Å²) >= 11 is 1.11. The maximum Gasteiger partial charge on any atom is 0.490 e. The fourth-order valence-electron chi connectivity index (χ4n) is 3.60. The molecule has 0 fully saturated rings. The number of benzene rings is 1. The second kappa shape index (κ2) is 14.4. The fraction of sp³-hybridized carbons (Fsp3) is 0.423. The van der Waals surface area contributed by atoms with Gasteiger partial charge in [-0.15, -0.1) is 11.3 Å². The van der Waals surface area contributed by atoms with Crippen molar-refractivity contribution in [1.29, 1.82) is 0 Å². The standard InChI is InChI=1S/C24H31FN4O3S2.C2HF3O2/c1-5-9-27-24(30)28-34(31,32)23-20(14-19(33-23)12-16(3)4)17-7-8-18(21(25)13-17)15-29-11-10-26-22(29)6-2;3-2(4,5)1(6)7/h7-8,10-11,13-14,16H,5-6,9,12,15H2,1-4H3,(H2,27,28,30);(H,6,7). The van der Waals surface area contributed by atoms with Gasteiger partial charge in [-0.25, -0.2) is 32.1 Å². The first-order valence-electron chi connectivity index (χ1n) is 12.6. The molecule has 1 aromatic carbocycles. The minimum Gasteiger partial charge on any atom is -0.475 e. The van der Waals surface area contributed by atoms with Crippen molar-refractivity contribution < 1.29 is 40.7 Å². The van der Waals surface area contributed by atoms with E-state index in [1.807, 2.05) is 38.5 Å². The summed E-state index contributed by atoms with van der Waals surface area (Å²) in [6.07, 6.45) is 0.508. The first-order chi connectivity index (χ1) is 19.1. The van der Waals surface area contributed by atoms with Gasteiger partial charge in [0.15, 0.2) is 0 Å². The molecule has 0 bridgehead atoms. The lowest BCUT2D eigenvalue weighted by molar-refractivity contribution is -0.192. The first-order valence-corrected chi connectivity index (χ1v) is 14.9. The van der Waals surface area contributed by atoms with Crippen LogP contribution in [0.1, 0.15) is 50.4 Å². The van der Waals surface area contributed by atoms with Gasteiger partial charge in [-0.1, -0.05) is 39.8 Å². The van der Waals surface area contributed by atoms with Crippen molar-refractivity contribution in [1.82, 2.24) is 19.6 Å². The molecular weight excluding hydrogens is 588 g/mol. The molecule has 0 atom stereocenters. The normalized spacial score (nSPS) is 11.6. The Morgan fingerprint density at radius 1 is 1.17 bits per heavy atom. The summed E-state index contributed by atoms with van der Waals surface area (Å²) in [4.78, 5) is 26.1. The zero-order valence-corrected chi connectivity index (χ0v) is 24.5. The smallest absolute Gasteiger partial charge is 0.475 e. The summed E-state index contributed by atoms with van der Waals surface area (Å²) in [7, 11) is -4.14. The van der Waals surface area contributed by atoms with Crippen LogP contribution >= 0.6 is 11.3 Å². The summed E-state index contributed by atoms with van der Waals surface area (Å²) < 4.78 is 76.9. The molecule has 2 heterocycles. The predicted molar refractivity (Wildman–Crippen MR) is 147 cm³/mol. The topological polar surface area (TPSA) is 130 Å². The summed E-state index contributed by atoms with van der Waals surface area (Å²) in [5.41, 5.74) is 1.32. The van der Waals surface area contributed by atoms with E-state index in [1.165, 1.54) is 6.07 Å². The quantitative estimate of drug-likeness (QED) is 0.253. The van der Waals surface area contributed by atoms with Gasteiger partial charge in [-0.3, -0.25) is 0 Å². The number of halogens is 4. The number of alkyl halides is 3. The van der Waals surface area contributed by atoms with Gasteiger partial charge in [-0.2, -0.15) is 13.2 Å². The van der Waals surface area contributed by atoms with Gasteiger partial charge in [0, 0.05) is 41.4 Å². The van der Waals surface area contributed by atoms with Crippen molar-refractivity contribution in [3.8, 4) is 11.1 Å². The van der Waals surface area contributed by atoms with Crippen LogP contribution in [0.25, 0.3) is 11.1 Å². The lowest BCUT2D eigenvalue weighted by Gasteiger charge is -2.11. The average Bonchev–Trinajstić information content (AvgIpc) is 3.50. The maximum atomic E-state index is 15.1. The molecular formula is C26H32F4N4O5S2. The molecule has 0 saturated carbocycles. The molecule has 0 unspecified atom stereocenters. The second-order valence-corrected chi connectivity index (χ2v) is 12.3. The zero-order valence-electron chi connectivity index (χ0n) is 22.9. The van der Waals surface area contributed by atoms with E-state index in [2.05, 4.69) is 15.0 Å². The van der Waals surface area contributed by atoms with Crippen LogP contribution in [0.3, 0.4) is 0 Å². The fourth-order valence-corrected chi connectivity index (χ4v) is 6.47. The Labute approximate surface area is 239 Å². The Morgan fingerprint density at radius 2 is 1.83 bits per heavy atom. The predicted octanol–water partition coefficient (Wildman–Crippen LogP) is 5.59. The van der Waals surface area contributed by atoms with Crippen LogP contribution in [0.4, 0.5) is 22.4 Å². The van der Waals surface area contributed by atoms with Gasteiger partial charge < -0.3 is 15.0 Å². The van der Waals surface area contributed by atoms with Crippen LogP contribution in [0.2, 0.25) is 0 Å². The molecule has 226 valence electrons. The highest BCUT2D eigenvalue weighted by molar-refractivity contribution is 7.92. The number of rotatable bonds is 10. The number of urea groups is 1. The third-order valence-electron chi connectivity index (χ3n) is 5.43. The largest absolute Gasteiger partial charge is 0.490 e. The van der Waals surface area contributed by atoms with Gasteiger partial charge in [0.25, 0.3) is 10.0 Å². The van der Waals surface area contributed by atoms with E-state index in [9.17, 15) is 26.4 Å². The van der Waals surface area contributed by atoms with E-state index in [4.69, 9.17) is 9.90 Å². The number of nitrogens with zero attached hydrogens (tertiary/aromatic N) is 2. The molecule has 0 aliphatic carbocycles. The first kappa shape index (κ1) is 33.7. The van der Waals surface area contributed by atoms with E-state index in [0.717, 1.165) is 28.5 Å². The summed E-state index contributed by atoms with van der Waals surface area (Å²) in [5.74, 6) is -2.01. The van der Waals surface area contributed by atoms with Crippen LogP contribution < -0.4 is 10.0 Å². The molecule has 0 saturated heterocycles. The highest BCUT2D eigenvalue weighted by atomic mass is 32.2. The minimum atomic E-state index is -5.08. The van der Waals surface area contributed by atoms with E-state index < -0.39 is 34.0 Å². The number of hydrogen-bond donors (Lipinski definition) is 3. The molecule has 0 radical (unpaired) electrons. The summed E-state index contributed by atoms with van der Waals surface area (Å²) in [6.45, 7) is 8.64. The molecule has 2 aromatic heterocycles. The van der Waals surface area contributed by atoms with E-state index in [-0.39, 0.29) is 4.21 Å². The maximum absolute atomic E-state index is 15.1. The van der Waals surface area contributed by atoms with Crippen molar-refractivity contribution >= 4 is 33.4 Å². The van der Waals surface area contributed by atoms with E-state index >= 15 is 4.39 Å². The molecule has 3 N–H and O–H groups in total. The molecule has 0 spiro atoms. The number of amides is 2. The van der Waals surface area contributed by atoms with Crippen molar-refractivity contribution in [3.05, 3.63) is 58.7 Å². The number of thiophene rings is 1. The highest BCUT2D eigenvalue weighted by Crippen LogP contribution is 2.37. The summed E-state index contributed by atoms with van der Waals surface area (Å²) in [6, 6.07) is 5.75. The number of imidazole rings is 1. The van der Waals surface area contributed by atoms with Gasteiger partial charge in [0.1, 0.15) is 15.9 Å². The molecule has 3 rings (SSSR count). The molecule has 41 heavy (non-hydrogen) atoms. The number of aryl methyl sites for hydroxylation is 1. The van der Waals surface area contributed by atoms with Gasteiger partial charge in [0.05, 0.1) is 6.54 Å². The van der Waals surface area contributed by atoms with Gasteiger partial charge in [0.2, 0.25) is 0 Å². The average molecular weight is 621 g/mol. The molecule has 0 aliphatic heterocycles. The molecule has 9 nitrogen and oxygen atoms in total. The number of sulfonamides is 1. The number of hydrogen-bond acceptors (Lipinski definition) is 6. The van der Waals surface area contributed by atoms with Crippen LogP contribution in [0.5, 0.6) is 0 Å². The number of aromatic nitrogens is 2. The van der Waals surface area contributed by atoms with E-state index in [1.54, 1.807) is 24.4 Å². The van der Waals surface area contributed by atoms with Crippen LogP contribution in [0, 0.1) is 11.7 Å². The number of nitrogens with one attached hydrogen (secondary N) is 2. The number of carboxylic acid groups (broad SMARTS) is 1. The lowest BCUT2D eigenvalue weighted by atomic mass is 10.0. The zero-order chi connectivity index (χ0) is 31.0. The van der Waals surface area contributed by atoms with E-state index in [0.29, 0.717) is 48.5 Å². The van der Waals surface area contributed by atoms with Crippen molar-refractivity contribution in [3.63, 3.8) is 0 Å². The molecule has 15 heteroatoms. The molecule has 0 aliphatic rings. The summed E-state index contributed by atoms with van der Waals surface area (Å²) in [5, 5.41) is 9.64.